The molecule has 0 fully saturated rings. The number of aromatic carboxylic acids is 1. The lowest BCUT2D eigenvalue weighted by Gasteiger charge is -2.14. The van der Waals surface area contributed by atoms with Gasteiger partial charge in [-0.05, 0) is 54.5 Å². The molecule has 4 aromatic rings. The molecule has 1 heterocycles. The van der Waals surface area contributed by atoms with Crippen LogP contribution in [0.5, 0.6) is 5.75 Å². The van der Waals surface area contributed by atoms with Crippen LogP contribution in [0, 0.1) is 5.92 Å². The van der Waals surface area contributed by atoms with Crippen molar-refractivity contribution in [3.8, 4) is 17.0 Å². The van der Waals surface area contributed by atoms with Crippen LogP contribution >= 0.6 is 12.2 Å². The summed E-state index contributed by atoms with van der Waals surface area (Å²) in [7, 11) is 0. The Labute approximate surface area is 214 Å². The Bertz CT molecular complexity index is 1450. The van der Waals surface area contributed by atoms with Crippen LogP contribution in [0.4, 0.5) is 5.69 Å². The smallest absolute Gasteiger partial charge is 0.337 e. The van der Waals surface area contributed by atoms with E-state index < -0.39 is 11.9 Å². The number of hydrogen-bond donors (Lipinski definition) is 3. The van der Waals surface area contributed by atoms with Gasteiger partial charge in [0.1, 0.15) is 5.75 Å². The number of carboxylic acids is 1. The number of fused-ring (bicyclic) bond motifs is 1. The van der Waals surface area contributed by atoms with Gasteiger partial charge in [-0.3, -0.25) is 10.1 Å². The maximum atomic E-state index is 13.3. The van der Waals surface area contributed by atoms with E-state index in [0.29, 0.717) is 34.7 Å². The Kier molecular flexibility index (Phi) is 7.56. The van der Waals surface area contributed by atoms with E-state index in [-0.39, 0.29) is 16.4 Å². The summed E-state index contributed by atoms with van der Waals surface area (Å²) < 4.78 is 5.86. The Morgan fingerprint density at radius 3 is 2.50 bits per heavy atom. The second kappa shape index (κ2) is 11.0. The first-order valence-corrected chi connectivity index (χ1v) is 11.8. The van der Waals surface area contributed by atoms with E-state index in [4.69, 9.17) is 21.9 Å². The van der Waals surface area contributed by atoms with E-state index in [1.165, 1.54) is 6.07 Å². The standard InChI is InChI=1S/C28H25N3O4S/c1-17(2)16-35-19-9-7-8-18(14-19)25-15-22(20-10-3-5-12-23(20)29-25)26(32)31-28(36)30-24-13-6-4-11-21(24)27(33)34/h3-15,17H,16H2,1-2H3,(H,33,34)(H2,30,31,32,36). The minimum absolute atomic E-state index is 0.0137. The SMILES string of the molecule is CC(C)COc1cccc(-c2cc(C(=O)NC(=S)Nc3ccccc3C(=O)O)c3ccccc3n2)c1. The minimum Gasteiger partial charge on any atom is -0.493 e. The molecule has 0 bridgehead atoms. The molecule has 182 valence electrons. The van der Waals surface area contributed by atoms with Gasteiger partial charge in [-0.2, -0.15) is 0 Å². The van der Waals surface area contributed by atoms with Crippen LogP contribution in [0.3, 0.4) is 0 Å². The van der Waals surface area contributed by atoms with Gasteiger partial charge in [0.2, 0.25) is 0 Å². The molecule has 0 spiro atoms. The molecule has 0 aliphatic heterocycles. The number of aromatic nitrogens is 1. The van der Waals surface area contributed by atoms with Gasteiger partial charge in [0, 0.05) is 10.9 Å². The number of hydrogen-bond acceptors (Lipinski definition) is 5. The molecule has 1 aromatic heterocycles. The first-order chi connectivity index (χ1) is 17.3. The molecule has 0 unspecified atom stereocenters. The molecule has 3 N–H and O–H groups in total. The molecule has 0 radical (unpaired) electrons. The van der Waals surface area contributed by atoms with Crippen LogP contribution in [0.15, 0.2) is 78.9 Å². The van der Waals surface area contributed by atoms with Crippen LogP contribution in [-0.2, 0) is 0 Å². The highest BCUT2D eigenvalue weighted by atomic mass is 32.1. The Morgan fingerprint density at radius 2 is 1.72 bits per heavy atom. The van der Waals surface area contributed by atoms with Gasteiger partial charge in [-0.1, -0.05) is 56.3 Å². The van der Waals surface area contributed by atoms with Crippen molar-refractivity contribution in [2.45, 2.75) is 13.8 Å². The van der Waals surface area contributed by atoms with E-state index in [2.05, 4.69) is 24.5 Å². The van der Waals surface area contributed by atoms with Crippen LogP contribution in [-0.4, -0.2) is 33.7 Å². The third kappa shape index (κ3) is 5.84. The number of carbonyl (C=O) groups excluding carboxylic acids is 1. The van der Waals surface area contributed by atoms with Crippen molar-refractivity contribution in [3.05, 3.63) is 90.0 Å². The van der Waals surface area contributed by atoms with Crippen LogP contribution in [0.1, 0.15) is 34.6 Å². The van der Waals surface area contributed by atoms with Crippen LogP contribution in [0.25, 0.3) is 22.2 Å². The molecule has 4 rings (SSSR count). The van der Waals surface area contributed by atoms with Crippen LogP contribution in [0.2, 0.25) is 0 Å². The molecule has 36 heavy (non-hydrogen) atoms. The fraction of sp³-hybridized carbons (Fsp3) is 0.143. The normalized spacial score (nSPS) is 10.8. The lowest BCUT2D eigenvalue weighted by molar-refractivity contribution is 0.0697. The summed E-state index contributed by atoms with van der Waals surface area (Å²) in [6.07, 6.45) is 0. The number of nitrogens with one attached hydrogen (secondary N) is 2. The Morgan fingerprint density at radius 1 is 0.972 bits per heavy atom. The summed E-state index contributed by atoms with van der Waals surface area (Å²) in [5, 5.41) is 15.5. The Balaban J connectivity index is 1.63. The Hall–Kier alpha value is -4.30. The fourth-order valence-electron chi connectivity index (χ4n) is 3.62. The predicted octanol–water partition coefficient (Wildman–Crippen LogP) is 5.76. The summed E-state index contributed by atoms with van der Waals surface area (Å²) in [6, 6.07) is 23.0. The molecule has 8 heteroatoms. The van der Waals surface area contributed by atoms with Crippen molar-refractivity contribution in [2.75, 3.05) is 11.9 Å². The van der Waals surface area contributed by atoms with Crippen molar-refractivity contribution in [3.63, 3.8) is 0 Å². The molecule has 0 saturated heterocycles. The quantitative estimate of drug-likeness (QED) is 0.278. The number of amides is 1. The molecule has 0 saturated carbocycles. The summed E-state index contributed by atoms with van der Waals surface area (Å²) >= 11 is 5.31. The van der Waals surface area contributed by atoms with Crippen molar-refractivity contribution >= 4 is 45.8 Å². The largest absolute Gasteiger partial charge is 0.493 e. The highest BCUT2D eigenvalue weighted by Gasteiger charge is 2.17. The molecule has 1 amide bonds. The van der Waals surface area contributed by atoms with Crippen molar-refractivity contribution in [1.82, 2.24) is 10.3 Å². The van der Waals surface area contributed by atoms with E-state index in [0.717, 1.165) is 11.3 Å². The fourth-order valence-corrected chi connectivity index (χ4v) is 3.82. The first kappa shape index (κ1) is 24.8. The zero-order valence-electron chi connectivity index (χ0n) is 19.8. The topological polar surface area (TPSA) is 101 Å². The first-order valence-electron chi connectivity index (χ1n) is 11.4. The molecule has 0 aliphatic carbocycles. The van der Waals surface area contributed by atoms with Gasteiger partial charge < -0.3 is 15.2 Å². The van der Waals surface area contributed by atoms with Crippen LogP contribution < -0.4 is 15.4 Å². The summed E-state index contributed by atoms with van der Waals surface area (Å²) in [6.45, 7) is 4.76. The summed E-state index contributed by atoms with van der Waals surface area (Å²) in [4.78, 5) is 29.5. The maximum Gasteiger partial charge on any atom is 0.337 e. The third-order valence-electron chi connectivity index (χ3n) is 5.31. The number of anilines is 1. The van der Waals surface area contributed by atoms with E-state index >= 15 is 0 Å². The monoisotopic (exact) mass is 499 g/mol. The number of benzene rings is 3. The zero-order valence-corrected chi connectivity index (χ0v) is 20.6. The third-order valence-corrected chi connectivity index (χ3v) is 5.51. The lowest BCUT2D eigenvalue weighted by atomic mass is 10.0. The van der Waals surface area contributed by atoms with Gasteiger partial charge >= 0.3 is 5.97 Å². The molecular formula is C28H25N3O4S. The number of para-hydroxylation sites is 2. The van der Waals surface area contributed by atoms with Gasteiger partial charge in [0.05, 0.1) is 34.6 Å². The number of carboxylic acid groups (broad SMARTS) is 1. The average molecular weight is 500 g/mol. The van der Waals surface area contributed by atoms with Crippen molar-refractivity contribution < 1.29 is 19.4 Å². The number of carbonyl (C=O) groups is 2. The summed E-state index contributed by atoms with van der Waals surface area (Å²) in [5.41, 5.74) is 2.80. The number of pyridine rings is 1. The van der Waals surface area contributed by atoms with Crippen molar-refractivity contribution in [2.24, 2.45) is 5.92 Å². The van der Waals surface area contributed by atoms with E-state index in [9.17, 15) is 14.7 Å². The molecule has 3 aromatic carbocycles. The van der Waals surface area contributed by atoms with E-state index in [1.54, 1.807) is 24.3 Å². The van der Waals surface area contributed by atoms with Gasteiger partial charge in [-0.25, -0.2) is 9.78 Å². The van der Waals surface area contributed by atoms with Gasteiger partial charge in [0.15, 0.2) is 5.11 Å². The zero-order chi connectivity index (χ0) is 25.7. The minimum atomic E-state index is -1.10. The van der Waals surface area contributed by atoms with Gasteiger partial charge in [-0.15, -0.1) is 0 Å². The highest BCUT2D eigenvalue weighted by Crippen LogP contribution is 2.27. The molecule has 0 atom stereocenters. The lowest BCUT2D eigenvalue weighted by Crippen LogP contribution is -2.34. The number of ether oxygens (including phenoxy) is 1. The molecular weight excluding hydrogens is 474 g/mol. The summed E-state index contributed by atoms with van der Waals surface area (Å²) in [5.74, 6) is -0.420. The maximum absolute atomic E-state index is 13.3. The second-order valence-electron chi connectivity index (χ2n) is 8.56. The number of thiocarbonyl (C=S) groups is 1. The average Bonchev–Trinajstić information content (AvgIpc) is 2.87. The van der Waals surface area contributed by atoms with E-state index in [1.807, 2.05) is 48.5 Å². The molecule has 0 aliphatic rings. The van der Waals surface area contributed by atoms with Crippen molar-refractivity contribution in [1.29, 1.82) is 0 Å². The predicted molar refractivity (Wildman–Crippen MR) is 145 cm³/mol. The number of nitrogens with zero attached hydrogens (tertiary/aromatic N) is 1. The highest BCUT2D eigenvalue weighted by molar-refractivity contribution is 7.80. The molecule has 7 nitrogen and oxygen atoms in total. The van der Waals surface area contributed by atoms with Gasteiger partial charge in [0.25, 0.3) is 5.91 Å². The second-order valence-corrected chi connectivity index (χ2v) is 8.97. The number of rotatable bonds is 7.